The largest absolute Gasteiger partial charge is 0.461 e. The molecule has 0 bridgehead atoms. The van der Waals surface area contributed by atoms with Gasteiger partial charge in [-0.2, -0.15) is 5.26 Å². The predicted molar refractivity (Wildman–Crippen MR) is 171 cm³/mol. The van der Waals surface area contributed by atoms with Crippen molar-refractivity contribution in [1.82, 2.24) is 10.3 Å². The zero-order valence-corrected chi connectivity index (χ0v) is 26.7. The maximum Gasteiger partial charge on any atom is 0.306 e. The third kappa shape index (κ3) is 11.4. The van der Waals surface area contributed by atoms with Gasteiger partial charge in [0.2, 0.25) is 0 Å². The zero-order valence-electron chi connectivity index (χ0n) is 25.1. The minimum Gasteiger partial charge on any atom is -0.461 e. The van der Waals surface area contributed by atoms with Gasteiger partial charge in [-0.25, -0.2) is 4.98 Å². The summed E-state index contributed by atoms with van der Waals surface area (Å²) in [6.07, 6.45) is 19.4. The van der Waals surface area contributed by atoms with Gasteiger partial charge in [0, 0.05) is 6.42 Å². The Bertz CT molecular complexity index is 1200. The van der Waals surface area contributed by atoms with E-state index in [1.165, 1.54) is 63.9 Å². The standard InChI is InChI=1S/C35H46BrN3O3/c1-2-3-4-5-6-7-8-9-10-11-12-18-33(40)42-27-28-19-21-30(22-20-28)35(23-13-14-24-35)39-34(41)29(26-37)25-31-16-15-17-32(36)38-31/h15-17,19-22,25H,2-14,18,23-24,27H2,1H3,(H,39,41)/b29-25+. The summed E-state index contributed by atoms with van der Waals surface area (Å²) in [7, 11) is 0. The first-order valence-electron chi connectivity index (χ1n) is 15.8. The van der Waals surface area contributed by atoms with Crippen LogP contribution in [0.3, 0.4) is 0 Å². The number of hydrogen-bond donors (Lipinski definition) is 1. The van der Waals surface area contributed by atoms with Gasteiger partial charge in [-0.15, -0.1) is 0 Å². The highest BCUT2D eigenvalue weighted by Crippen LogP contribution is 2.39. The molecule has 2 aromatic rings. The summed E-state index contributed by atoms with van der Waals surface area (Å²) in [5.74, 6) is -0.549. The maximum absolute atomic E-state index is 13.2. The molecule has 1 saturated carbocycles. The number of hydrogen-bond acceptors (Lipinski definition) is 5. The van der Waals surface area contributed by atoms with Crippen molar-refractivity contribution in [2.24, 2.45) is 0 Å². The molecular weight excluding hydrogens is 590 g/mol. The van der Waals surface area contributed by atoms with Gasteiger partial charge in [-0.1, -0.05) is 114 Å². The maximum atomic E-state index is 13.2. The molecule has 42 heavy (non-hydrogen) atoms. The fourth-order valence-corrected chi connectivity index (χ4v) is 6.00. The molecule has 1 amide bonds. The second kappa shape index (κ2) is 18.5. The molecule has 1 aliphatic rings. The second-order valence-corrected chi connectivity index (χ2v) is 12.3. The Balaban J connectivity index is 1.42. The number of carbonyl (C=O) groups is 2. The van der Waals surface area contributed by atoms with Crippen LogP contribution in [0.25, 0.3) is 6.08 Å². The van der Waals surface area contributed by atoms with E-state index in [0.29, 0.717) is 16.7 Å². The Labute approximate surface area is 260 Å². The molecule has 1 aliphatic carbocycles. The highest BCUT2D eigenvalue weighted by atomic mass is 79.9. The first kappa shape index (κ1) is 33.5. The van der Waals surface area contributed by atoms with Gasteiger partial charge in [0.1, 0.15) is 22.9 Å². The van der Waals surface area contributed by atoms with Crippen molar-refractivity contribution in [2.45, 2.75) is 122 Å². The van der Waals surface area contributed by atoms with E-state index in [2.05, 4.69) is 33.2 Å². The van der Waals surface area contributed by atoms with Crippen molar-refractivity contribution in [2.75, 3.05) is 0 Å². The van der Waals surface area contributed by atoms with Crippen molar-refractivity contribution in [1.29, 1.82) is 5.26 Å². The zero-order chi connectivity index (χ0) is 30.0. The molecule has 1 fully saturated rings. The van der Waals surface area contributed by atoms with Crippen LogP contribution < -0.4 is 5.32 Å². The Morgan fingerprint density at radius 1 is 0.952 bits per heavy atom. The molecule has 0 aliphatic heterocycles. The molecule has 1 aromatic carbocycles. The number of esters is 1. The van der Waals surface area contributed by atoms with Crippen LogP contribution in [0.5, 0.6) is 0 Å². The normalized spacial score (nSPS) is 14.4. The van der Waals surface area contributed by atoms with Crippen molar-refractivity contribution < 1.29 is 14.3 Å². The van der Waals surface area contributed by atoms with E-state index in [0.717, 1.165) is 49.7 Å². The van der Waals surface area contributed by atoms with Crippen LogP contribution >= 0.6 is 15.9 Å². The Morgan fingerprint density at radius 3 is 2.17 bits per heavy atom. The second-order valence-electron chi connectivity index (χ2n) is 11.4. The van der Waals surface area contributed by atoms with E-state index in [-0.39, 0.29) is 18.1 Å². The molecule has 0 atom stereocenters. The van der Waals surface area contributed by atoms with E-state index in [1.54, 1.807) is 12.1 Å². The monoisotopic (exact) mass is 635 g/mol. The molecule has 0 saturated heterocycles. The minimum absolute atomic E-state index is 0.0215. The van der Waals surface area contributed by atoms with E-state index in [9.17, 15) is 14.9 Å². The van der Waals surface area contributed by atoms with E-state index in [1.807, 2.05) is 36.4 Å². The molecule has 0 radical (unpaired) electrons. The number of ether oxygens (including phenoxy) is 1. The molecule has 1 N–H and O–H groups in total. The summed E-state index contributed by atoms with van der Waals surface area (Å²) >= 11 is 3.32. The molecule has 3 rings (SSSR count). The molecule has 0 unspecified atom stereocenters. The van der Waals surface area contributed by atoms with E-state index in [4.69, 9.17) is 4.74 Å². The van der Waals surface area contributed by atoms with Crippen molar-refractivity contribution >= 4 is 33.9 Å². The number of amides is 1. The van der Waals surface area contributed by atoms with Crippen LogP contribution in [0, 0.1) is 11.3 Å². The van der Waals surface area contributed by atoms with Gasteiger partial charge in [0.05, 0.1) is 11.2 Å². The summed E-state index contributed by atoms with van der Waals surface area (Å²) in [4.78, 5) is 29.7. The lowest BCUT2D eigenvalue weighted by Crippen LogP contribution is -2.44. The van der Waals surface area contributed by atoms with Crippen molar-refractivity contribution in [3.8, 4) is 6.07 Å². The predicted octanol–water partition coefficient (Wildman–Crippen LogP) is 9.08. The lowest BCUT2D eigenvalue weighted by molar-refractivity contribution is -0.145. The molecule has 1 aromatic heterocycles. The van der Waals surface area contributed by atoms with Gasteiger partial charge in [-0.05, 0) is 64.5 Å². The quantitative estimate of drug-likeness (QED) is 0.0580. The molecule has 0 spiro atoms. The number of benzene rings is 1. The smallest absolute Gasteiger partial charge is 0.306 e. The average Bonchev–Trinajstić information content (AvgIpc) is 3.47. The summed E-state index contributed by atoms with van der Waals surface area (Å²) in [5.41, 5.74) is 1.96. The fourth-order valence-electron chi connectivity index (χ4n) is 5.64. The SMILES string of the molecule is CCCCCCCCCCCCCC(=O)OCc1ccc(C2(NC(=O)/C(C#N)=C/c3cccc(Br)n3)CCCC2)cc1. The molecule has 6 nitrogen and oxygen atoms in total. The van der Waals surface area contributed by atoms with Crippen LogP contribution in [0.4, 0.5) is 0 Å². The Morgan fingerprint density at radius 2 is 1.57 bits per heavy atom. The summed E-state index contributed by atoms with van der Waals surface area (Å²) < 4.78 is 6.16. The number of halogens is 1. The van der Waals surface area contributed by atoms with Crippen molar-refractivity contribution in [3.63, 3.8) is 0 Å². The minimum atomic E-state index is -0.526. The van der Waals surface area contributed by atoms with Gasteiger partial charge in [-0.3, -0.25) is 9.59 Å². The third-order valence-electron chi connectivity index (χ3n) is 8.09. The number of pyridine rings is 1. The van der Waals surface area contributed by atoms with Gasteiger partial charge >= 0.3 is 5.97 Å². The van der Waals surface area contributed by atoms with Crippen LogP contribution in [0.2, 0.25) is 0 Å². The number of aromatic nitrogens is 1. The van der Waals surface area contributed by atoms with Crippen LogP contribution in [-0.4, -0.2) is 16.9 Å². The number of unbranched alkanes of at least 4 members (excludes halogenated alkanes) is 10. The number of nitrogens with zero attached hydrogens (tertiary/aromatic N) is 2. The highest BCUT2D eigenvalue weighted by Gasteiger charge is 2.37. The van der Waals surface area contributed by atoms with Gasteiger partial charge in [0.25, 0.3) is 5.91 Å². The number of rotatable bonds is 18. The fraction of sp³-hybridized carbons (Fsp3) is 0.543. The lowest BCUT2D eigenvalue weighted by atomic mass is 9.87. The number of nitriles is 1. The third-order valence-corrected chi connectivity index (χ3v) is 8.54. The van der Waals surface area contributed by atoms with E-state index >= 15 is 0 Å². The molecular formula is C35H46BrN3O3. The molecule has 226 valence electrons. The Kier molecular flexibility index (Phi) is 14.8. The number of carbonyl (C=O) groups excluding carboxylic acids is 2. The first-order valence-corrected chi connectivity index (χ1v) is 16.6. The lowest BCUT2D eigenvalue weighted by Gasteiger charge is -2.31. The summed E-state index contributed by atoms with van der Waals surface area (Å²) in [6.45, 7) is 2.50. The van der Waals surface area contributed by atoms with Crippen LogP contribution in [0.15, 0.2) is 52.6 Å². The van der Waals surface area contributed by atoms with Gasteiger partial charge < -0.3 is 10.1 Å². The molecule has 7 heteroatoms. The number of nitrogens with one attached hydrogen (secondary N) is 1. The first-order chi connectivity index (χ1) is 20.5. The van der Waals surface area contributed by atoms with E-state index < -0.39 is 11.4 Å². The topological polar surface area (TPSA) is 92.1 Å². The van der Waals surface area contributed by atoms with Gasteiger partial charge in [0.15, 0.2) is 0 Å². The average molecular weight is 637 g/mol. The Hall–Kier alpha value is -2.98. The summed E-state index contributed by atoms with van der Waals surface area (Å²) in [5, 5.41) is 12.8. The molecule has 1 heterocycles. The van der Waals surface area contributed by atoms with Crippen LogP contribution in [0.1, 0.15) is 126 Å². The van der Waals surface area contributed by atoms with Crippen LogP contribution in [-0.2, 0) is 26.5 Å². The summed E-state index contributed by atoms with van der Waals surface area (Å²) in [6, 6.07) is 15.3. The highest BCUT2D eigenvalue weighted by molar-refractivity contribution is 9.10. The van der Waals surface area contributed by atoms with Crippen molar-refractivity contribution in [3.05, 3.63) is 69.5 Å².